The van der Waals surface area contributed by atoms with Crippen LogP contribution in [-0.4, -0.2) is 31.2 Å². The second-order valence-corrected chi connectivity index (χ2v) is 6.97. The summed E-state index contributed by atoms with van der Waals surface area (Å²) in [6, 6.07) is 4.28. The first-order chi connectivity index (χ1) is 11.5. The Morgan fingerprint density at radius 1 is 1.17 bits per heavy atom. The van der Waals surface area contributed by atoms with Crippen LogP contribution in [0.2, 0.25) is 0 Å². The van der Waals surface area contributed by atoms with Crippen molar-refractivity contribution in [3.05, 3.63) is 22.2 Å². The minimum atomic E-state index is 0.0304. The summed E-state index contributed by atoms with van der Waals surface area (Å²) in [6.07, 6.45) is 4.19. The van der Waals surface area contributed by atoms with Crippen LogP contribution >= 0.6 is 15.9 Å². The molecule has 5 nitrogen and oxygen atoms in total. The first-order valence-electron chi connectivity index (χ1n) is 8.66. The maximum absolute atomic E-state index is 12.4. The molecule has 1 amide bonds. The molecule has 0 aliphatic heterocycles. The van der Waals surface area contributed by atoms with Crippen molar-refractivity contribution in [2.24, 2.45) is 5.73 Å². The van der Waals surface area contributed by atoms with Crippen molar-refractivity contribution in [2.75, 3.05) is 13.2 Å². The summed E-state index contributed by atoms with van der Waals surface area (Å²) < 4.78 is 12.1. The average molecular weight is 399 g/mol. The maximum atomic E-state index is 12.4. The van der Waals surface area contributed by atoms with Crippen LogP contribution in [0.25, 0.3) is 0 Å². The first kappa shape index (κ1) is 19.1. The molecule has 0 heterocycles. The van der Waals surface area contributed by atoms with Crippen molar-refractivity contribution in [2.45, 2.75) is 58.0 Å². The van der Waals surface area contributed by atoms with Crippen LogP contribution in [0.3, 0.4) is 0 Å². The van der Waals surface area contributed by atoms with Crippen molar-refractivity contribution >= 4 is 21.8 Å². The molecule has 2 rings (SSSR count). The number of carbonyl (C=O) groups is 1. The number of carbonyl (C=O) groups excluding carboxylic acids is 1. The van der Waals surface area contributed by atoms with E-state index in [1.54, 1.807) is 0 Å². The third kappa shape index (κ3) is 5.38. The fraction of sp³-hybridized carbons (Fsp3) is 0.611. The van der Waals surface area contributed by atoms with Gasteiger partial charge in [-0.2, -0.15) is 0 Å². The molecule has 134 valence electrons. The summed E-state index contributed by atoms with van der Waals surface area (Å²) in [4.78, 5) is 12.4. The predicted octanol–water partition coefficient (Wildman–Crippen LogP) is 3.18. The van der Waals surface area contributed by atoms with Gasteiger partial charge in [-0.3, -0.25) is 4.79 Å². The summed E-state index contributed by atoms with van der Waals surface area (Å²) in [5.74, 6) is 1.40. The van der Waals surface area contributed by atoms with Gasteiger partial charge in [0.25, 0.3) is 0 Å². The standard InChI is InChI=1S/C18H27BrN2O3/c1-3-23-16-9-12(15(19)11-17(16)24-4-2)10-18(22)21-14-7-5-13(20)6-8-14/h9,11,13-14H,3-8,10,20H2,1-2H3,(H,21,22). The van der Waals surface area contributed by atoms with E-state index >= 15 is 0 Å². The van der Waals surface area contributed by atoms with Crippen LogP contribution in [0.15, 0.2) is 16.6 Å². The Morgan fingerprint density at radius 3 is 2.33 bits per heavy atom. The Labute approximate surface area is 152 Å². The highest BCUT2D eigenvalue weighted by atomic mass is 79.9. The van der Waals surface area contributed by atoms with Crippen molar-refractivity contribution in [3.63, 3.8) is 0 Å². The van der Waals surface area contributed by atoms with E-state index in [1.807, 2.05) is 26.0 Å². The third-order valence-electron chi connectivity index (χ3n) is 4.20. The smallest absolute Gasteiger partial charge is 0.224 e. The molecule has 1 aromatic rings. The van der Waals surface area contributed by atoms with Gasteiger partial charge in [0.1, 0.15) is 0 Å². The number of rotatable bonds is 7. The largest absolute Gasteiger partial charge is 0.490 e. The summed E-state index contributed by atoms with van der Waals surface area (Å²) in [6.45, 7) is 4.98. The fourth-order valence-electron chi connectivity index (χ4n) is 2.96. The monoisotopic (exact) mass is 398 g/mol. The minimum Gasteiger partial charge on any atom is -0.490 e. The fourth-order valence-corrected chi connectivity index (χ4v) is 3.43. The number of hydrogen-bond donors (Lipinski definition) is 2. The van der Waals surface area contributed by atoms with E-state index in [0.29, 0.717) is 31.1 Å². The zero-order valence-electron chi connectivity index (χ0n) is 14.4. The van der Waals surface area contributed by atoms with Crippen LogP contribution in [0.1, 0.15) is 45.1 Å². The molecular formula is C18H27BrN2O3. The van der Waals surface area contributed by atoms with Crippen molar-refractivity contribution in [1.29, 1.82) is 0 Å². The Balaban J connectivity index is 2.02. The van der Waals surface area contributed by atoms with Gasteiger partial charge in [-0.25, -0.2) is 0 Å². The van der Waals surface area contributed by atoms with E-state index in [4.69, 9.17) is 15.2 Å². The van der Waals surface area contributed by atoms with E-state index in [-0.39, 0.29) is 18.0 Å². The predicted molar refractivity (Wildman–Crippen MR) is 98.6 cm³/mol. The highest BCUT2D eigenvalue weighted by molar-refractivity contribution is 9.10. The molecular weight excluding hydrogens is 372 g/mol. The number of amides is 1. The number of benzene rings is 1. The maximum Gasteiger partial charge on any atom is 0.224 e. The van der Waals surface area contributed by atoms with Crippen molar-refractivity contribution in [1.82, 2.24) is 5.32 Å². The molecule has 1 fully saturated rings. The van der Waals surface area contributed by atoms with Crippen LogP contribution in [0.4, 0.5) is 0 Å². The molecule has 3 N–H and O–H groups in total. The quantitative estimate of drug-likeness (QED) is 0.739. The van der Waals surface area contributed by atoms with Gasteiger partial charge < -0.3 is 20.5 Å². The van der Waals surface area contributed by atoms with Crippen molar-refractivity contribution < 1.29 is 14.3 Å². The lowest BCUT2D eigenvalue weighted by Crippen LogP contribution is -2.41. The summed E-state index contributed by atoms with van der Waals surface area (Å²) in [5.41, 5.74) is 6.81. The molecule has 0 aromatic heterocycles. The summed E-state index contributed by atoms with van der Waals surface area (Å²) >= 11 is 3.53. The number of hydrogen-bond acceptors (Lipinski definition) is 4. The lowest BCUT2D eigenvalue weighted by atomic mass is 9.91. The van der Waals surface area contributed by atoms with Gasteiger partial charge in [0, 0.05) is 16.6 Å². The summed E-state index contributed by atoms with van der Waals surface area (Å²) in [7, 11) is 0. The second kappa shape index (κ2) is 9.28. The van der Waals surface area contributed by atoms with E-state index in [9.17, 15) is 4.79 Å². The second-order valence-electron chi connectivity index (χ2n) is 6.11. The average Bonchev–Trinajstić information content (AvgIpc) is 2.54. The van der Waals surface area contributed by atoms with Gasteiger partial charge in [0.15, 0.2) is 11.5 Å². The van der Waals surface area contributed by atoms with E-state index < -0.39 is 0 Å². The highest BCUT2D eigenvalue weighted by Gasteiger charge is 2.21. The molecule has 0 spiro atoms. The van der Waals surface area contributed by atoms with Gasteiger partial charge in [0.2, 0.25) is 5.91 Å². The number of ether oxygens (including phenoxy) is 2. The molecule has 0 unspecified atom stereocenters. The minimum absolute atomic E-state index is 0.0304. The van der Waals surface area contributed by atoms with Crippen LogP contribution in [-0.2, 0) is 11.2 Å². The van der Waals surface area contributed by atoms with Crippen LogP contribution < -0.4 is 20.5 Å². The molecule has 24 heavy (non-hydrogen) atoms. The molecule has 0 bridgehead atoms. The van der Waals surface area contributed by atoms with Gasteiger partial charge in [-0.15, -0.1) is 0 Å². The van der Waals surface area contributed by atoms with Gasteiger partial charge in [-0.05, 0) is 57.2 Å². The van der Waals surface area contributed by atoms with Gasteiger partial charge in [-0.1, -0.05) is 15.9 Å². The SMILES string of the molecule is CCOc1cc(Br)c(CC(=O)NC2CCC(N)CC2)cc1OCC. The molecule has 0 saturated heterocycles. The van der Waals surface area contributed by atoms with E-state index in [0.717, 1.165) is 35.7 Å². The van der Waals surface area contributed by atoms with E-state index in [1.165, 1.54) is 0 Å². The van der Waals surface area contributed by atoms with Crippen LogP contribution in [0, 0.1) is 0 Å². The first-order valence-corrected chi connectivity index (χ1v) is 9.45. The Morgan fingerprint density at radius 2 is 1.75 bits per heavy atom. The third-order valence-corrected chi connectivity index (χ3v) is 4.94. The molecule has 6 heteroatoms. The Bertz CT molecular complexity index is 557. The topological polar surface area (TPSA) is 73.6 Å². The molecule has 0 radical (unpaired) electrons. The lowest BCUT2D eigenvalue weighted by Gasteiger charge is -2.26. The Kier molecular flexibility index (Phi) is 7.37. The molecule has 1 aliphatic rings. The number of nitrogens with two attached hydrogens (primary N) is 1. The number of halogens is 1. The van der Waals surface area contributed by atoms with Crippen LogP contribution in [0.5, 0.6) is 11.5 Å². The van der Waals surface area contributed by atoms with Gasteiger partial charge >= 0.3 is 0 Å². The Hall–Kier alpha value is -1.27. The highest BCUT2D eigenvalue weighted by Crippen LogP contribution is 2.34. The van der Waals surface area contributed by atoms with Crippen molar-refractivity contribution in [3.8, 4) is 11.5 Å². The molecule has 1 aliphatic carbocycles. The summed E-state index contributed by atoms with van der Waals surface area (Å²) in [5, 5.41) is 3.12. The number of nitrogens with one attached hydrogen (secondary N) is 1. The lowest BCUT2D eigenvalue weighted by molar-refractivity contribution is -0.121. The molecule has 0 atom stereocenters. The molecule has 1 saturated carbocycles. The van der Waals surface area contributed by atoms with E-state index in [2.05, 4.69) is 21.2 Å². The molecule has 1 aromatic carbocycles. The zero-order valence-corrected chi connectivity index (χ0v) is 16.0. The van der Waals surface area contributed by atoms with Gasteiger partial charge in [0.05, 0.1) is 19.6 Å². The normalized spacial score (nSPS) is 20.5. The zero-order chi connectivity index (χ0) is 17.5.